The van der Waals surface area contributed by atoms with E-state index in [9.17, 15) is 4.79 Å². The number of carbonyl (C=O) groups excluding carboxylic acids is 1. The van der Waals surface area contributed by atoms with Gasteiger partial charge in [0.1, 0.15) is 0 Å². The van der Waals surface area contributed by atoms with Gasteiger partial charge in [0.15, 0.2) is 0 Å². The number of nitrogens with one attached hydrogen (secondary N) is 2. The van der Waals surface area contributed by atoms with Gasteiger partial charge in [0.05, 0.1) is 0 Å². The fourth-order valence-electron chi connectivity index (χ4n) is 2.27. The number of carbonyl (C=O) groups is 1. The van der Waals surface area contributed by atoms with Crippen molar-refractivity contribution in [2.75, 3.05) is 32.7 Å². The van der Waals surface area contributed by atoms with Gasteiger partial charge in [-0.3, -0.25) is 4.79 Å². The molecular weight excluding hydrogens is 178 g/mol. The van der Waals surface area contributed by atoms with Gasteiger partial charge in [-0.2, -0.15) is 0 Å². The highest BCUT2D eigenvalue weighted by molar-refractivity contribution is 5.79. The Balaban J connectivity index is 2.03. The summed E-state index contributed by atoms with van der Waals surface area (Å²) in [5.41, 5.74) is 0. The van der Waals surface area contributed by atoms with E-state index in [1.165, 1.54) is 0 Å². The third-order valence-corrected chi connectivity index (χ3v) is 3.16. The molecule has 0 bridgehead atoms. The van der Waals surface area contributed by atoms with Gasteiger partial charge in [-0.15, -0.1) is 0 Å². The maximum atomic E-state index is 12.0. The van der Waals surface area contributed by atoms with Crippen molar-refractivity contribution in [1.29, 1.82) is 0 Å². The van der Waals surface area contributed by atoms with Gasteiger partial charge in [0.25, 0.3) is 0 Å². The quantitative estimate of drug-likeness (QED) is 0.591. The van der Waals surface area contributed by atoms with Crippen LogP contribution in [0.25, 0.3) is 0 Å². The van der Waals surface area contributed by atoms with E-state index in [2.05, 4.69) is 15.5 Å². The van der Waals surface area contributed by atoms with Crippen LogP contribution < -0.4 is 10.6 Å². The van der Waals surface area contributed by atoms with Gasteiger partial charge in [-0.25, -0.2) is 0 Å². The Morgan fingerprint density at radius 3 is 2.79 bits per heavy atom. The van der Waals surface area contributed by atoms with Crippen LogP contribution in [0.5, 0.6) is 0 Å². The van der Waals surface area contributed by atoms with Crippen molar-refractivity contribution in [3.63, 3.8) is 0 Å². The molecule has 2 fully saturated rings. The Morgan fingerprint density at radius 1 is 1.29 bits per heavy atom. The lowest BCUT2D eigenvalue weighted by Gasteiger charge is -2.28. The molecule has 1 amide bonds. The standard InChI is InChI=1S/C10H19N3O/c1-8-6-12-4-5-13(10(8)14)9-2-3-11-7-9/h8-9,11-12H,2-7H2,1H3. The number of amides is 1. The summed E-state index contributed by atoms with van der Waals surface area (Å²) >= 11 is 0. The molecule has 0 aromatic rings. The first-order chi connectivity index (χ1) is 6.79. The molecule has 80 valence electrons. The molecule has 0 saturated carbocycles. The van der Waals surface area contributed by atoms with Crippen LogP contribution in [0.3, 0.4) is 0 Å². The lowest BCUT2D eigenvalue weighted by molar-refractivity contribution is -0.135. The molecule has 0 spiro atoms. The van der Waals surface area contributed by atoms with Crippen LogP contribution in [0, 0.1) is 5.92 Å². The van der Waals surface area contributed by atoms with Crippen molar-refractivity contribution in [3.05, 3.63) is 0 Å². The lowest BCUT2D eigenvalue weighted by atomic mass is 10.1. The van der Waals surface area contributed by atoms with E-state index in [1.54, 1.807) is 0 Å². The van der Waals surface area contributed by atoms with Crippen molar-refractivity contribution in [2.24, 2.45) is 5.92 Å². The van der Waals surface area contributed by atoms with Crippen LogP contribution in [0.15, 0.2) is 0 Å². The van der Waals surface area contributed by atoms with Crippen molar-refractivity contribution >= 4 is 5.91 Å². The summed E-state index contributed by atoms with van der Waals surface area (Å²) in [6.07, 6.45) is 1.11. The minimum atomic E-state index is 0.137. The predicted molar refractivity (Wildman–Crippen MR) is 55.0 cm³/mol. The van der Waals surface area contributed by atoms with E-state index in [4.69, 9.17) is 0 Å². The molecule has 2 rings (SSSR count). The number of hydrogen-bond acceptors (Lipinski definition) is 3. The molecule has 0 radical (unpaired) electrons. The largest absolute Gasteiger partial charge is 0.337 e. The first-order valence-electron chi connectivity index (χ1n) is 5.51. The predicted octanol–water partition coefficient (Wildman–Crippen LogP) is -0.584. The van der Waals surface area contributed by atoms with E-state index >= 15 is 0 Å². The summed E-state index contributed by atoms with van der Waals surface area (Å²) < 4.78 is 0. The molecule has 14 heavy (non-hydrogen) atoms. The third-order valence-electron chi connectivity index (χ3n) is 3.16. The van der Waals surface area contributed by atoms with E-state index in [0.29, 0.717) is 11.9 Å². The third kappa shape index (κ3) is 1.91. The molecule has 2 unspecified atom stereocenters. The minimum absolute atomic E-state index is 0.137. The first kappa shape index (κ1) is 9.93. The SMILES string of the molecule is CC1CNCCN(C2CCNC2)C1=O. The summed E-state index contributed by atoms with van der Waals surface area (Å²) in [6, 6.07) is 0.435. The monoisotopic (exact) mass is 197 g/mol. The smallest absolute Gasteiger partial charge is 0.227 e. The van der Waals surface area contributed by atoms with Crippen LogP contribution in [0.4, 0.5) is 0 Å². The Morgan fingerprint density at radius 2 is 2.07 bits per heavy atom. The maximum Gasteiger partial charge on any atom is 0.227 e. The molecule has 0 aromatic heterocycles. The highest BCUT2D eigenvalue weighted by atomic mass is 16.2. The van der Waals surface area contributed by atoms with E-state index in [-0.39, 0.29) is 5.92 Å². The Bertz CT molecular complexity index is 213. The van der Waals surface area contributed by atoms with Gasteiger partial charge >= 0.3 is 0 Å². The Kier molecular flexibility index (Phi) is 3.03. The highest BCUT2D eigenvalue weighted by Gasteiger charge is 2.30. The van der Waals surface area contributed by atoms with Crippen LogP contribution in [0.1, 0.15) is 13.3 Å². The Hall–Kier alpha value is -0.610. The molecule has 0 aromatic carbocycles. The van der Waals surface area contributed by atoms with Crippen LogP contribution in [0.2, 0.25) is 0 Å². The van der Waals surface area contributed by atoms with E-state index in [1.807, 2.05) is 6.92 Å². The van der Waals surface area contributed by atoms with Crippen LogP contribution >= 0.6 is 0 Å². The zero-order valence-corrected chi connectivity index (χ0v) is 8.75. The van der Waals surface area contributed by atoms with Gasteiger partial charge in [-0.1, -0.05) is 6.92 Å². The summed E-state index contributed by atoms with van der Waals surface area (Å²) in [5, 5.41) is 6.61. The first-order valence-corrected chi connectivity index (χ1v) is 5.51. The fourth-order valence-corrected chi connectivity index (χ4v) is 2.27. The fraction of sp³-hybridized carbons (Fsp3) is 0.900. The van der Waals surface area contributed by atoms with E-state index < -0.39 is 0 Å². The van der Waals surface area contributed by atoms with Crippen molar-refractivity contribution in [1.82, 2.24) is 15.5 Å². The van der Waals surface area contributed by atoms with Crippen molar-refractivity contribution in [2.45, 2.75) is 19.4 Å². The average molecular weight is 197 g/mol. The summed E-state index contributed by atoms with van der Waals surface area (Å²) in [4.78, 5) is 14.1. The normalized spacial score (nSPS) is 34.6. The van der Waals surface area contributed by atoms with Crippen LogP contribution in [-0.4, -0.2) is 49.6 Å². The summed E-state index contributed by atoms with van der Waals surface area (Å²) in [7, 11) is 0. The molecule has 2 atom stereocenters. The second kappa shape index (κ2) is 4.28. The second-order valence-electron chi connectivity index (χ2n) is 4.28. The molecular formula is C10H19N3O. The molecule has 2 heterocycles. The summed E-state index contributed by atoms with van der Waals surface area (Å²) in [5.74, 6) is 0.460. The maximum absolute atomic E-state index is 12.0. The van der Waals surface area contributed by atoms with Crippen LogP contribution in [-0.2, 0) is 4.79 Å². The number of nitrogens with zero attached hydrogens (tertiary/aromatic N) is 1. The second-order valence-corrected chi connectivity index (χ2v) is 4.28. The molecule has 2 aliphatic heterocycles. The van der Waals surface area contributed by atoms with Gasteiger partial charge in [-0.05, 0) is 13.0 Å². The zero-order valence-electron chi connectivity index (χ0n) is 8.75. The number of hydrogen-bond donors (Lipinski definition) is 2. The average Bonchev–Trinajstić information content (AvgIpc) is 2.64. The van der Waals surface area contributed by atoms with Gasteiger partial charge in [0, 0.05) is 38.1 Å². The molecule has 2 saturated heterocycles. The number of rotatable bonds is 1. The minimum Gasteiger partial charge on any atom is -0.337 e. The van der Waals surface area contributed by atoms with E-state index in [0.717, 1.165) is 39.1 Å². The summed E-state index contributed by atoms with van der Waals surface area (Å²) in [6.45, 7) is 6.67. The Labute approximate surface area is 85.0 Å². The van der Waals surface area contributed by atoms with Gasteiger partial charge < -0.3 is 15.5 Å². The molecule has 0 aliphatic carbocycles. The molecule has 4 heteroatoms. The molecule has 2 N–H and O–H groups in total. The van der Waals surface area contributed by atoms with Crippen molar-refractivity contribution < 1.29 is 4.79 Å². The highest BCUT2D eigenvalue weighted by Crippen LogP contribution is 2.13. The zero-order chi connectivity index (χ0) is 9.97. The van der Waals surface area contributed by atoms with Crippen molar-refractivity contribution in [3.8, 4) is 0 Å². The van der Waals surface area contributed by atoms with Gasteiger partial charge in [0.2, 0.25) is 5.91 Å². The lowest BCUT2D eigenvalue weighted by Crippen LogP contribution is -2.44. The molecule has 2 aliphatic rings. The molecule has 4 nitrogen and oxygen atoms in total. The topological polar surface area (TPSA) is 44.4 Å².